The van der Waals surface area contributed by atoms with Gasteiger partial charge >= 0.3 is 0 Å². The minimum atomic E-state index is -0.856. The first kappa shape index (κ1) is 16.5. The van der Waals surface area contributed by atoms with Crippen molar-refractivity contribution in [1.82, 2.24) is 10.6 Å². The fourth-order valence-electron chi connectivity index (χ4n) is 2.27. The number of ether oxygens (including phenoxy) is 1. The maximum Gasteiger partial charge on any atom is 0.243 e. The van der Waals surface area contributed by atoms with E-state index in [4.69, 9.17) is 4.74 Å². The third-order valence-corrected chi connectivity index (χ3v) is 4.48. The molecule has 0 saturated carbocycles. The van der Waals surface area contributed by atoms with Crippen molar-refractivity contribution in [2.24, 2.45) is 0 Å². The molecular weight excluding hydrogens is 304 g/mol. The lowest BCUT2D eigenvalue weighted by Crippen LogP contribution is -2.53. The topological polar surface area (TPSA) is 87.7 Å². The van der Waals surface area contributed by atoms with E-state index in [1.54, 1.807) is 13.8 Å². The van der Waals surface area contributed by atoms with E-state index in [2.05, 4.69) is 17.2 Å². The minimum absolute atomic E-state index is 0.130. The number of nitrogens with one attached hydrogen (secondary N) is 2. The Hall–Kier alpha value is -1.86. The molecule has 2 atom stereocenters. The zero-order chi connectivity index (χ0) is 16.3. The third-order valence-electron chi connectivity index (χ3n) is 3.49. The van der Waals surface area contributed by atoms with Crippen molar-refractivity contribution < 1.29 is 19.4 Å². The van der Waals surface area contributed by atoms with Gasteiger partial charge in [0.25, 0.3) is 0 Å². The fraction of sp³-hybridized carbons (Fsp3) is 0.467. The van der Waals surface area contributed by atoms with Crippen LogP contribution in [0.2, 0.25) is 0 Å². The number of aliphatic hydroxyl groups excluding tert-OH is 1. The molecule has 120 valence electrons. The van der Waals surface area contributed by atoms with Crippen LogP contribution in [0.25, 0.3) is 0 Å². The van der Waals surface area contributed by atoms with Gasteiger partial charge in [0.2, 0.25) is 11.8 Å². The molecule has 0 unspecified atom stereocenters. The molecule has 1 aliphatic rings. The molecule has 3 N–H and O–H groups in total. The lowest BCUT2D eigenvalue weighted by atomic mass is 9.90. The molecule has 0 radical (unpaired) electrons. The second kappa shape index (κ2) is 6.50. The molecule has 0 saturated heterocycles. The van der Waals surface area contributed by atoms with Gasteiger partial charge in [0.05, 0.1) is 10.9 Å². The van der Waals surface area contributed by atoms with Crippen LogP contribution in [0, 0.1) is 0 Å². The van der Waals surface area contributed by atoms with Crippen LogP contribution in [0.3, 0.4) is 0 Å². The highest BCUT2D eigenvalue weighted by Gasteiger charge is 2.44. The number of carbonyl (C=O) groups excluding carboxylic acids is 2. The summed E-state index contributed by atoms with van der Waals surface area (Å²) < 4.78 is 5.75. The summed E-state index contributed by atoms with van der Waals surface area (Å²) in [6.45, 7) is 7.12. The van der Waals surface area contributed by atoms with E-state index in [1.165, 1.54) is 11.3 Å². The van der Waals surface area contributed by atoms with Crippen molar-refractivity contribution in [3.63, 3.8) is 0 Å². The van der Waals surface area contributed by atoms with Gasteiger partial charge in [-0.15, -0.1) is 11.3 Å². The smallest absolute Gasteiger partial charge is 0.243 e. The van der Waals surface area contributed by atoms with Gasteiger partial charge in [-0.3, -0.25) is 9.59 Å². The molecular formula is C15H20N2O4S. The average Bonchev–Trinajstić information content (AvgIpc) is 2.90. The molecule has 6 nitrogen and oxygen atoms in total. The molecule has 0 fully saturated rings. The highest BCUT2D eigenvalue weighted by molar-refractivity contribution is 7.10. The molecule has 1 aromatic heterocycles. The quantitative estimate of drug-likeness (QED) is 0.709. The minimum Gasteiger partial charge on any atom is -0.484 e. The van der Waals surface area contributed by atoms with E-state index >= 15 is 0 Å². The van der Waals surface area contributed by atoms with Gasteiger partial charge in [0, 0.05) is 13.0 Å². The summed E-state index contributed by atoms with van der Waals surface area (Å²) in [5.41, 5.74) is -0.789. The van der Waals surface area contributed by atoms with Crippen LogP contribution in [-0.2, 0) is 9.59 Å². The Bertz CT molecular complexity index is 582. The second-order valence-corrected chi connectivity index (χ2v) is 6.54. The van der Waals surface area contributed by atoms with Crippen molar-refractivity contribution in [3.8, 4) is 5.75 Å². The van der Waals surface area contributed by atoms with Gasteiger partial charge in [-0.2, -0.15) is 0 Å². The SMILES string of the molecule is C=CC(=O)NCCC(=O)N[C@@H]1c2sccc2OC(C)(C)[C@H]1O. The van der Waals surface area contributed by atoms with Crippen molar-refractivity contribution in [2.75, 3.05) is 6.54 Å². The van der Waals surface area contributed by atoms with Crippen molar-refractivity contribution >= 4 is 23.2 Å². The van der Waals surface area contributed by atoms with E-state index in [1.807, 2.05) is 11.4 Å². The molecule has 7 heteroatoms. The zero-order valence-corrected chi connectivity index (χ0v) is 13.4. The second-order valence-electron chi connectivity index (χ2n) is 5.59. The van der Waals surface area contributed by atoms with Crippen LogP contribution in [0.5, 0.6) is 5.75 Å². The van der Waals surface area contributed by atoms with Crippen LogP contribution in [0.4, 0.5) is 0 Å². The Morgan fingerprint density at radius 3 is 2.95 bits per heavy atom. The molecule has 0 aromatic carbocycles. The number of amides is 2. The summed E-state index contributed by atoms with van der Waals surface area (Å²) >= 11 is 1.43. The van der Waals surface area contributed by atoms with Crippen LogP contribution < -0.4 is 15.4 Å². The Morgan fingerprint density at radius 1 is 1.55 bits per heavy atom. The van der Waals surface area contributed by atoms with E-state index < -0.39 is 17.7 Å². The molecule has 2 heterocycles. The average molecular weight is 324 g/mol. The van der Waals surface area contributed by atoms with Crippen LogP contribution in [0.15, 0.2) is 24.1 Å². The van der Waals surface area contributed by atoms with Gasteiger partial charge < -0.3 is 20.5 Å². The molecule has 0 spiro atoms. The zero-order valence-electron chi connectivity index (χ0n) is 12.6. The molecule has 2 amide bonds. The first-order valence-electron chi connectivity index (χ1n) is 6.99. The van der Waals surface area contributed by atoms with E-state index in [-0.39, 0.29) is 24.8 Å². The standard InChI is InChI=1S/C15H20N2O4S/c1-4-10(18)16-7-5-11(19)17-12-13-9(6-8-22-13)21-15(2,3)14(12)20/h4,6,8,12,14,20H,1,5,7H2,2-3H3,(H,16,18)(H,17,19)/t12-,14+/m1/s1. The predicted octanol–water partition coefficient (Wildman–Crippen LogP) is 1.13. The number of rotatable bonds is 5. The first-order chi connectivity index (χ1) is 10.3. The fourth-order valence-corrected chi connectivity index (χ4v) is 3.17. The Morgan fingerprint density at radius 2 is 2.27 bits per heavy atom. The molecule has 1 aliphatic heterocycles. The number of fused-ring (bicyclic) bond motifs is 1. The number of carbonyl (C=O) groups is 2. The molecule has 0 bridgehead atoms. The van der Waals surface area contributed by atoms with Gasteiger partial charge in [0.1, 0.15) is 17.5 Å². The van der Waals surface area contributed by atoms with Gasteiger partial charge in [0.15, 0.2) is 0 Å². The monoisotopic (exact) mass is 324 g/mol. The number of thiophene rings is 1. The summed E-state index contributed by atoms with van der Waals surface area (Å²) in [6.07, 6.45) is 0.427. The van der Waals surface area contributed by atoms with Crippen LogP contribution in [-0.4, -0.2) is 35.2 Å². The van der Waals surface area contributed by atoms with Crippen molar-refractivity contribution in [1.29, 1.82) is 0 Å². The summed E-state index contributed by atoms with van der Waals surface area (Å²) in [5.74, 6) is 0.122. The lowest BCUT2D eigenvalue weighted by molar-refractivity contribution is -0.125. The van der Waals surface area contributed by atoms with E-state index in [0.29, 0.717) is 5.75 Å². The van der Waals surface area contributed by atoms with Gasteiger partial charge in [-0.05, 0) is 31.4 Å². The molecule has 22 heavy (non-hydrogen) atoms. The number of aliphatic hydroxyl groups is 1. The Labute approximate surface area is 133 Å². The summed E-state index contributed by atoms with van der Waals surface area (Å²) in [4.78, 5) is 23.9. The van der Waals surface area contributed by atoms with E-state index in [0.717, 1.165) is 11.0 Å². The summed E-state index contributed by atoms with van der Waals surface area (Å²) in [5, 5.41) is 17.7. The number of hydrogen-bond acceptors (Lipinski definition) is 5. The largest absolute Gasteiger partial charge is 0.484 e. The first-order valence-corrected chi connectivity index (χ1v) is 7.87. The lowest BCUT2D eigenvalue weighted by Gasteiger charge is -2.40. The van der Waals surface area contributed by atoms with E-state index in [9.17, 15) is 14.7 Å². The highest BCUT2D eigenvalue weighted by atomic mass is 32.1. The van der Waals surface area contributed by atoms with Crippen LogP contribution in [0.1, 0.15) is 31.2 Å². The molecule has 0 aliphatic carbocycles. The Kier molecular flexibility index (Phi) is 4.87. The van der Waals surface area contributed by atoms with Crippen molar-refractivity contribution in [2.45, 2.75) is 38.0 Å². The van der Waals surface area contributed by atoms with Crippen molar-refractivity contribution in [3.05, 3.63) is 29.0 Å². The van der Waals surface area contributed by atoms with Gasteiger partial charge in [-0.1, -0.05) is 6.58 Å². The molecule has 2 rings (SSSR count). The highest BCUT2D eigenvalue weighted by Crippen LogP contribution is 2.42. The summed E-state index contributed by atoms with van der Waals surface area (Å²) in [6, 6.07) is 1.32. The molecule has 1 aromatic rings. The summed E-state index contributed by atoms with van der Waals surface area (Å²) in [7, 11) is 0. The van der Waals surface area contributed by atoms with Gasteiger partial charge in [-0.25, -0.2) is 0 Å². The maximum absolute atomic E-state index is 12.0. The predicted molar refractivity (Wildman–Crippen MR) is 83.7 cm³/mol. The maximum atomic E-state index is 12.0. The number of hydrogen-bond donors (Lipinski definition) is 3. The normalized spacial score (nSPS) is 22.1. The Balaban J connectivity index is 2.01. The third kappa shape index (κ3) is 3.48. The van der Waals surface area contributed by atoms with Crippen LogP contribution >= 0.6 is 11.3 Å².